The Bertz CT molecular complexity index is 831. The summed E-state index contributed by atoms with van der Waals surface area (Å²) in [6, 6.07) is 6.60. The Kier molecular flexibility index (Phi) is 5.74. The molecule has 0 amide bonds. The second-order valence-corrected chi connectivity index (χ2v) is 13.2. The number of aryl methyl sites for hydroxylation is 1. The number of nitriles is 1. The number of hydrogen-bond donors (Lipinski definition) is 0. The number of hydrogen-bond acceptors (Lipinski definition) is 2. The molecular formula is C20H29FN3OSi+. The molecule has 0 fully saturated rings. The van der Waals surface area contributed by atoms with Crippen molar-refractivity contribution in [1.29, 1.82) is 5.26 Å². The Balaban J connectivity index is 2.28. The van der Waals surface area contributed by atoms with Crippen molar-refractivity contribution in [2.75, 3.05) is 0 Å². The van der Waals surface area contributed by atoms with E-state index in [-0.39, 0.29) is 16.6 Å². The van der Waals surface area contributed by atoms with Crippen molar-refractivity contribution < 1.29 is 13.4 Å². The minimum Gasteiger partial charge on any atom is -0.409 e. The van der Waals surface area contributed by atoms with E-state index in [4.69, 9.17) is 9.69 Å². The summed E-state index contributed by atoms with van der Waals surface area (Å²) in [6.07, 6.45) is 4.04. The lowest BCUT2D eigenvalue weighted by Gasteiger charge is -2.35. The number of nitrogens with zero attached hydrogens (tertiary/aromatic N) is 3. The van der Waals surface area contributed by atoms with Gasteiger partial charge >= 0.3 is 0 Å². The predicted octanol–water partition coefficient (Wildman–Crippen LogP) is 4.45. The van der Waals surface area contributed by atoms with Crippen molar-refractivity contribution in [2.24, 2.45) is 7.05 Å². The van der Waals surface area contributed by atoms with E-state index < -0.39 is 14.1 Å². The molecule has 0 saturated heterocycles. The molecule has 0 bridgehead atoms. The lowest BCUT2D eigenvalue weighted by molar-refractivity contribution is -0.671. The molecule has 0 aliphatic heterocycles. The predicted molar refractivity (Wildman–Crippen MR) is 103 cm³/mol. The van der Waals surface area contributed by atoms with Crippen LogP contribution in [0.2, 0.25) is 18.1 Å². The summed E-state index contributed by atoms with van der Waals surface area (Å²) in [5.41, 5.74) is 1.95. The molecule has 140 valence electrons. The van der Waals surface area contributed by atoms with Gasteiger partial charge in [-0.3, -0.25) is 0 Å². The van der Waals surface area contributed by atoms with Crippen LogP contribution in [-0.4, -0.2) is 12.9 Å². The Hall–Kier alpha value is -1.97. The van der Waals surface area contributed by atoms with E-state index in [0.29, 0.717) is 6.61 Å². The fraction of sp³-hybridized carbons (Fsp3) is 0.500. The van der Waals surface area contributed by atoms with Gasteiger partial charge in [0.05, 0.1) is 19.2 Å². The minimum atomic E-state index is -1.86. The molecule has 26 heavy (non-hydrogen) atoms. The highest BCUT2D eigenvalue weighted by Crippen LogP contribution is 2.37. The van der Waals surface area contributed by atoms with Crippen molar-refractivity contribution in [1.82, 2.24) is 4.57 Å². The molecule has 1 atom stereocenters. The molecule has 0 spiro atoms. The van der Waals surface area contributed by atoms with Gasteiger partial charge in [-0.2, -0.15) is 5.26 Å². The number of aromatic nitrogens is 2. The van der Waals surface area contributed by atoms with Crippen LogP contribution in [-0.2, 0) is 18.1 Å². The smallest absolute Gasteiger partial charge is 0.244 e. The van der Waals surface area contributed by atoms with Gasteiger partial charge in [-0.15, -0.1) is 0 Å². The summed E-state index contributed by atoms with van der Waals surface area (Å²) in [7, 11) is 0.115. The summed E-state index contributed by atoms with van der Waals surface area (Å²) in [5, 5.41) is 9.06. The van der Waals surface area contributed by atoms with Crippen LogP contribution in [0.5, 0.6) is 0 Å². The van der Waals surface area contributed by atoms with E-state index >= 15 is 0 Å². The van der Waals surface area contributed by atoms with E-state index in [2.05, 4.69) is 38.4 Å². The third-order valence-electron chi connectivity index (χ3n) is 5.39. The highest BCUT2D eigenvalue weighted by molar-refractivity contribution is 6.74. The van der Waals surface area contributed by atoms with E-state index in [1.165, 1.54) is 12.1 Å². The first-order valence-corrected chi connectivity index (χ1v) is 11.8. The molecule has 1 aromatic heterocycles. The summed E-state index contributed by atoms with van der Waals surface area (Å²) >= 11 is 0. The Morgan fingerprint density at radius 1 is 1.35 bits per heavy atom. The lowest BCUT2D eigenvalue weighted by Crippen LogP contribution is -2.40. The molecule has 1 aromatic carbocycles. The minimum absolute atomic E-state index is 0.0588. The topological polar surface area (TPSA) is 41.8 Å². The summed E-state index contributed by atoms with van der Waals surface area (Å²) < 4.78 is 24.5. The summed E-state index contributed by atoms with van der Waals surface area (Å²) in [4.78, 5) is 0. The van der Waals surface area contributed by atoms with E-state index in [1.807, 2.05) is 43.2 Å². The van der Waals surface area contributed by atoms with Gasteiger partial charge in [0.1, 0.15) is 24.1 Å². The van der Waals surface area contributed by atoms with Crippen molar-refractivity contribution in [2.45, 2.75) is 58.5 Å². The Labute approximate surface area is 157 Å². The zero-order valence-corrected chi connectivity index (χ0v) is 17.8. The van der Waals surface area contributed by atoms with Gasteiger partial charge in [0.2, 0.25) is 6.33 Å². The number of halogens is 1. The van der Waals surface area contributed by atoms with E-state index in [9.17, 15) is 4.39 Å². The fourth-order valence-electron chi connectivity index (χ4n) is 2.58. The van der Waals surface area contributed by atoms with Crippen LogP contribution in [0.25, 0.3) is 0 Å². The Morgan fingerprint density at radius 3 is 2.54 bits per heavy atom. The third kappa shape index (κ3) is 4.22. The van der Waals surface area contributed by atoms with Crippen LogP contribution in [0.1, 0.15) is 50.6 Å². The zero-order valence-electron chi connectivity index (χ0n) is 16.8. The van der Waals surface area contributed by atoms with Crippen LogP contribution in [0.3, 0.4) is 0 Å². The van der Waals surface area contributed by atoms with Crippen LogP contribution in [0.15, 0.2) is 30.7 Å². The van der Waals surface area contributed by atoms with E-state index in [1.54, 1.807) is 0 Å². The average molecular weight is 375 g/mol. The fourth-order valence-corrected chi connectivity index (χ4v) is 3.52. The molecule has 0 N–H and O–H groups in total. The van der Waals surface area contributed by atoms with Gasteiger partial charge in [0.15, 0.2) is 14.0 Å². The normalized spacial score (nSPS) is 13.5. The molecule has 6 heteroatoms. The average Bonchev–Trinajstić information content (AvgIpc) is 2.92. The molecule has 4 nitrogen and oxygen atoms in total. The van der Waals surface area contributed by atoms with Crippen LogP contribution >= 0.6 is 0 Å². The molecule has 0 aliphatic rings. The van der Waals surface area contributed by atoms with Crippen LogP contribution < -0.4 is 4.57 Å². The SMILES string of the molecule is CC(c1ccc(C#N)c(F)c1)n1c[n+](C)cc1CO[Si](C)(C)C(C)(C)C. The number of imidazole rings is 1. The first-order valence-electron chi connectivity index (χ1n) is 8.86. The molecule has 0 saturated carbocycles. The maximum absolute atomic E-state index is 14.0. The van der Waals surface area contributed by atoms with Gasteiger partial charge in [0.25, 0.3) is 0 Å². The molecule has 0 aliphatic carbocycles. The molecule has 2 aromatic rings. The van der Waals surface area contributed by atoms with Crippen molar-refractivity contribution >= 4 is 8.32 Å². The highest BCUT2D eigenvalue weighted by Gasteiger charge is 2.37. The van der Waals surface area contributed by atoms with Crippen molar-refractivity contribution in [3.8, 4) is 6.07 Å². The first-order chi connectivity index (χ1) is 12.0. The van der Waals surface area contributed by atoms with Crippen molar-refractivity contribution in [3.05, 3.63) is 53.4 Å². The maximum Gasteiger partial charge on any atom is 0.244 e. The van der Waals surface area contributed by atoms with Gasteiger partial charge in [0, 0.05) is 0 Å². The third-order valence-corrected chi connectivity index (χ3v) is 9.87. The highest BCUT2D eigenvalue weighted by atomic mass is 28.4. The number of benzene rings is 1. The molecule has 0 radical (unpaired) electrons. The van der Waals surface area contributed by atoms with Gasteiger partial charge in [-0.05, 0) is 42.8 Å². The van der Waals surface area contributed by atoms with Crippen LogP contribution in [0.4, 0.5) is 4.39 Å². The monoisotopic (exact) mass is 374 g/mol. The quantitative estimate of drug-likeness (QED) is 0.573. The Morgan fingerprint density at radius 2 is 2.00 bits per heavy atom. The maximum atomic E-state index is 14.0. The zero-order chi connectivity index (χ0) is 19.7. The number of rotatable bonds is 5. The summed E-state index contributed by atoms with van der Waals surface area (Å²) in [6.45, 7) is 13.7. The summed E-state index contributed by atoms with van der Waals surface area (Å²) in [5.74, 6) is -0.479. The molecular weight excluding hydrogens is 345 g/mol. The molecule has 1 unspecified atom stereocenters. The molecule has 1 heterocycles. The van der Waals surface area contributed by atoms with Gasteiger partial charge in [-0.25, -0.2) is 13.5 Å². The second-order valence-electron chi connectivity index (χ2n) is 8.38. The van der Waals surface area contributed by atoms with Crippen molar-refractivity contribution in [3.63, 3.8) is 0 Å². The van der Waals surface area contributed by atoms with E-state index in [0.717, 1.165) is 11.3 Å². The lowest BCUT2D eigenvalue weighted by atomic mass is 10.1. The van der Waals surface area contributed by atoms with Gasteiger partial charge < -0.3 is 4.43 Å². The standard InChI is InChI=1S/C20H29FN3OSi/c1-15(16-8-9-17(11-22)19(21)10-16)24-14-23(5)12-18(24)13-25-26(6,7)20(2,3)4/h8-10,12,14-15H,13H2,1-7H3/q+1. The van der Waals surface area contributed by atoms with Gasteiger partial charge in [-0.1, -0.05) is 26.8 Å². The van der Waals surface area contributed by atoms with Crippen LogP contribution in [0, 0.1) is 17.1 Å². The molecule has 2 rings (SSSR count). The first kappa shape index (κ1) is 20.3. The second kappa shape index (κ2) is 7.34. The largest absolute Gasteiger partial charge is 0.409 e.